The second-order valence-electron chi connectivity index (χ2n) is 4.38. The molecule has 1 fully saturated rings. The van der Waals surface area contributed by atoms with Gasteiger partial charge in [-0.05, 0) is 30.5 Å². The Kier molecular flexibility index (Phi) is 2.65. The highest BCUT2D eigenvalue weighted by atomic mass is 19.1. The summed E-state index contributed by atoms with van der Waals surface area (Å²) in [6.45, 7) is 0. The molecule has 0 aliphatic heterocycles. The SMILES string of the molecule is NC1(c2ccc(F)c(O)c2)CCCCC1. The molecule has 3 N–H and O–H groups in total. The first-order chi connectivity index (χ1) is 7.12. The average molecular weight is 209 g/mol. The van der Waals surface area contributed by atoms with Gasteiger partial charge in [0.1, 0.15) is 0 Å². The summed E-state index contributed by atoms with van der Waals surface area (Å²) in [5, 5.41) is 9.31. The monoisotopic (exact) mass is 209 g/mol. The highest BCUT2D eigenvalue weighted by Gasteiger charge is 2.29. The van der Waals surface area contributed by atoms with Gasteiger partial charge in [-0.3, -0.25) is 0 Å². The van der Waals surface area contributed by atoms with Crippen LogP contribution in [-0.2, 0) is 5.54 Å². The van der Waals surface area contributed by atoms with Gasteiger partial charge in [0.05, 0.1) is 0 Å². The maximum atomic E-state index is 12.9. The van der Waals surface area contributed by atoms with Crippen molar-refractivity contribution in [3.8, 4) is 5.75 Å². The van der Waals surface area contributed by atoms with Crippen LogP contribution in [-0.4, -0.2) is 5.11 Å². The van der Waals surface area contributed by atoms with E-state index < -0.39 is 5.82 Å². The minimum atomic E-state index is -0.585. The van der Waals surface area contributed by atoms with Crippen LogP contribution in [0.25, 0.3) is 0 Å². The van der Waals surface area contributed by atoms with Crippen molar-refractivity contribution in [2.24, 2.45) is 5.73 Å². The molecule has 0 radical (unpaired) electrons. The summed E-state index contributed by atoms with van der Waals surface area (Å²) in [5.74, 6) is -0.888. The van der Waals surface area contributed by atoms with E-state index in [2.05, 4.69) is 0 Å². The molecular weight excluding hydrogens is 193 g/mol. The molecule has 1 aromatic carbocycles. The van der Waals surface area contributed by atoms with Gasteiger partial charge in [0.15, 0.2) is 11.6 Å². The first-order valence-corrected chi connectivity index (χ1v) is 5.40. The largest absolute Gasteiger partial charge is 0.505 e. The number of benzene rings is 1. The van der Waals surface area contributed by atoms with Crippen LogP contribution in [0.3, 0.4) is 0 Å². The summed E-state index contributed by atoms with van der Waals surface area (Å²) < 4.78 is 12.9. The molecule has 15 heavy (non-hydrogen) atoms. The molecule has 1 aromatic rings. The van der Waals surface area contributed by atoms with Crippen molar-refractivity contribution < 1.29 is 9.50 Å². The maximum Gasteiger partial charge on any atom is 0.164 e. The number of hydrogen-bond acceptors (Lipinski definition) is 2. The predicted molar refractivity (Wildman–Crippen MR) is 57.0 cm³/mol. The lowest BCUT2D eigenvalue weighted by Crippen LogP contribution is -2.38. The smallest absolute Gasteiger partial charge is 0.164 e. The first-order valence-electron chi connectivity index (χ1n) is 5.40. The van der Waals surface area contributed by atoms with Gasteiger partial charge in [0, 0.05) is 5.54 Å². The summed E-state index contributed by atoms with van der Waals surface area (Å²) in [7, 11) is 0. The summed E-state index contributed by atoms with van der Waals surface area (Å²) >= 11 is 0. The van der Waals surface area contributed by atoms with Crippen molar-refractivity contribution in [3.05, 3.63) is 29.6 Å². The van der Waals surface area contributed by atoms with Gasteiger partial charge >= 0.3 is 0 Å². The zero-order valence-corrected chi connectivity index (χ0v) is 8.67. The number of halogens is 1. The van der Waals surface area contributed by atoms with E-state index in [1.54, 1.807) is 6.07 Å². The van der Waals surface area contributed by atoms with Gasteiger partial charge in [-0.2, -0.15) is 0 Å². The molecule has 1 aliphatic carbocycles. The van der Waals surface area contributed by atoms with E-state index in [-0.39, 0.29) is 11.3 Å². The number of phenolic OH excluding ortho intramolecular Hbond substituents is 1. The number of rotatable bonds is 1. The molecule has 2 nitrogen and oxygen atoms in total. The molecule has 1 saturated carbocycles. The van der Waals surface area contributed by atoms with Gasteiger partial charge in [0.2, 0.25) is 0 Å². The van der Waals surface area contributed by atoms with Crippen LogP contribution < -0.4 is 5.73 Å². The van der Waals surface area contributed by atoms with Crippen LogP contribution in [0.2, 0.25) is 0 Å². The van der Waals surface area contributed by atoms with E-state index >= 15 is 0 Å². The maximum absolute atomic E-state index is 12.9. The average Bonchev–Trinajstić information content (AvgIpc) is 2.23. The lowest BCUT2D eigenvalue weighted by atomic mass is 9.77. The lowest BCUT2D eigenvalue weighted by molar-refractivity contribution is 0.300. The molecule has 0 atom stereocenters. The Hall–Kier alpha value is -1.09. The summed E-state index contributed by atoms with van der Waals surface area (Å²) in [5.41, 5.74) is 6.74. The van der Waals surface area contributed by atoms with Crippen molar-refractivity contribution in [1.82, 2.24) is 0 Å². The molecule has 0 heterocycles. The molecule has 0 amide bonds. The summed E-state index contributed by atoms with van der Waals surface area (Å²) in [6.07, 6.45) is 5.26. The van der Waals surface area contributed by atoms with Crippen LogP contribution in [0, 0.1) is 5.82 Å². The number of hydrogen-bond donors (Lipinski definition) is 2. The minimum absolute atomic E-state index is 0.303. The molecule has 0 spiro atoms. The predicted octanol–water partition coefficient (Wildman–Crippen LogP) is 2.65. The third-order valence-corrected chi connectivity index (χ3v) is 3.27. The Morgan fingerprint density at radius 3 is 2.47 bits per heavy atom. The van der Waals surface area contributed by atoms with Crippen LogP contribution in [0.4, 0.5) is 4.39 Å². The fourth-order valence-electron chi connectivity index (χ4n) is 2.29. The molecule has 3 heteroatoms. The zero-order chi connectivity index (χ0) is 10.9. The van der Waals surface area contributed by atoms with E-state index in [0.717, 1.165) is 31.2 Å². The van der Waals surface area contributed by atoms with Crippen LogP contribution >= 0.6 is 0 Å². The van der Waals surface area contributed by atoms with Gasteiger partial charge in [-0.15, -0.1) is 0 Å². The normalized spacial score (nSPS) is 20.1. The van der Waals surface area contributed by atoms with Gasteiger partial charge in [-0.1, -0.05) is 25.3 Å². The molecule has 1 aliphatic rings. The quantitative estimate of drug-likeness (QED) is 0.747. The fraction of sp³-hybridized carbons (Fsp3) is 0.500. The standard InChI is InChI=1S/C12H16FNO/c13-10-5-4-9(8-11(10)15)12(14)6-2-1-3-7-12/h4-5,8,15H,1-3,6-7,14H2. The Bertz CT molecular complexity index is 359. The van der Waals surface area contributed by atoms with Gasteiger partial charge in [0.25, 0.3) is 0 Å². The van der Waals surface area contributed by atoms with Crippen molar-refractivity contribution in [3.63, 3.8) is 0 Å². The minimum Gasteiger partial charge on any atom is -0.505 e. The third-order valence-electron chi connectivity index (χ3n) is 3.27. The van der Waals surface area contributed by atoms with Crippen LogP contribution in [0.15, 0.2) is 18.2 Å². The van der Waals surface area contributed by atoms with Crippen LogP contribution in [0.1, 0.15) is 37.7 Å². The van der Waals surface area contributed by atoms with Crippen molar-refractivity contribution in [2.45, 2.75) is 37.6 Å². The lowest BCUT2D eigenvalue weighted by Gasteiger charge is -2.34. The Morgan fingerprint density at radius 2 is 1.87 bits per heavy atom. The summed E-state index contributed by atoms with van der Waals surface area (Å²) in [4.78, 5) is 0. The first kappa shape index (κ1) is 10.4. The second-order valence-corrected chi connectivity index (χ2v) is 4.38. The summed E-state index contributed by atoms with van der Waals surface area (Å²) in [6, 6.07) is 4.43. The zero-order valence-electron chi connectivity index (χ0n) is 8.67. The van der Waals surface area contributed by atoms with Gasteiger partial charge < -0.3 is 10.8 Å². The van der Waals surface area contributed by atoms with Crippen molar-refractivity contribution in [2.75, 3.05) is 0 Å². The molecular formula is C12H16FNO. The number of aromatic hydroxyl groups is 1. The van der Waals surface area contributed by atoms with E-state index in [9.17, 15) is 9.50 Å². The van der Waals surface area contributed by atoms with Crippen molar-refractivity contribution >= 4 is 0 Å². The van der Waals surface area contributed by atoms with E-state index in [4.69, 9.17) is 5.73 Å². The topological polar surface area (TPSA) is 46.2 Å². The van der Waals surface area contributed by atoms with Crippen molar-refractivity contribution in [1.29, 1.82) is 0 Å². The third kappa shape index (κ3) is 1.97. The molecule has 82 valence electrons. The number of phenols is 1. The second kappa shape index (κ2) is 3.81. The molecule has 0 aromatic heterocycles. The highest BCUT2D eigenvalue weighted by molar-refractivity contribution is 5.33. The Morgan fingerprint density at radius 1 is 1.20 bits per heavy atom. The molecule has 0 unspecified atom stereocenters. The highest BCUT2D eigenvalue weighted by Crippen LogP contribution is 2.36. The Balaban J connectivity index is 2.31. The number of nitrogens with two attached hydrogens (primary N) is 1. The molecule has 2 rings (SSSR count). The molecule has 0 bridgehead atoms. The van der Waals surface area contributed by atoms with E-state index in [0.29, 0.717) is 0 Å². The van der Waals surface area contributed by atoms with E-state index in [1.165, 1.54) is 18.6 Å². The van der Waals surface area contributed by atoms with Crippen LogP contribution in [0.5, 0.6) is 5.75 Å². The Labute approximate surface area is 88.9 Å². The fourth-order valence-corrected chi connectivity index (χ4v) is 2.29. The van der Waals surface area contributed by atoms with E-state index in [1.807, 2.05) is 0 Å². The molecule has 0 saturated heterocycles. The van der Waals surface area contributed by atoms with Gasteiger partial charge in [-0.25, -0.2) is 4.39 Å².